The highest BCUT2D eigenvalue weighted by Crippen LogP contribution is 2.62. The molecule has 2 nitrogen and oxygen atoms in total. The quantitative estimate of drug-likeness (QED) is 0.563. The molecule has 0 unspecified atom stereocenters. The van der Waals surface area contributed by atoms with E-state index in [1.54, 1.807) is 0 Å². The van der Waals surface area contributed by atoms with Crippen molar-refractivity contribution in [2.24, 2.45) is 35.0 Å². The fourth-order valence-corrected chi connectivity index (χ4v) is 7.53. The molecule has 3 aliphatic carbocycles. The summed E-state index contributed by atoms with van der Waals surface area (Å²) in [7, 11) is 0. The Morgan fingerprint density at radius 2 is 2.00 bits per heavy atom. The molecule has 0 aromatic carbocycles. The van der Waals surface area contributed by atoms with E-state index < -0.39 is 5.60 Å². The Morgan fingerprint density at radius 3 is 2.68 bits per heavy atom. The maximum Gasteiger partial charge on any atom is 0.147 e. The summed E-state index contributed by atoms with van der Waals surface area (Å²) in [5.41, 5.74) is -0.219. The number of Topliss-reactive ketones (excluding diaryl/α,β-unsaturated/α-hetero) is 1. The molecule has 0 aliphatic heterocycles. The van der Waals surface area contributed by atoms with Crippen LogP contribution in [-0.4, -0.2) is 21.8 Å². The van der Waals surface area contributed by atoms with Gasteiger partial charge in [-0.25, -0.2) is 0 Å². The highest BCUT2D eigenvalue weighted by Gasteiger charge is 2.56. The van der Waals surface area contributed by atoms with Crippen LogP contribution in [0.15, 0.2) is 0 Å². The normalized spacial score (nSPS) is 43.2. The maximum atomic E-state index is 12.4. The number of halogens is 1. The fraction of sp³-hybridized carbons (Fsp3) is 0.955. The molecule has 0 heterocycles. The van der Waals surface area contributed by atoms with Crippen molar-refractivity contribution < 1.29 is 9.90 Å². The van der Waals surface area contributed by atoms with Crippen molar-refractivity contribution in [2.75, 3.05) is 5.33 Å². The van der Waals surface area contributed by atoms with Crippen molar-refractivity contribution in [1.82, 2.24) is 0 Å². The van der Waals surface area contributed by atoms with Gasteiger partial charge in [-0.15, -0.1) is 0 Å². The summed E-state index contributed by atoms with van der Waals surface area (Å²) < 4.78 is 0. The molecule has 1 N–H and O–H groups in total. The summed E-state index contributed by atoms with van der Waals surface area (Å²) in [6.07, 6.45) is 11.8. The second-order valence-electron chi connectivity index (χ2n) is 9.93. The van der Waals surface area contributed by atoms with Gasteiger partial charge in [0.2, 0.25) is 0 Å². The minimum absolute atomic E-state index is 0.257. The Bertz CT molecular complexity index is 488. The average Bonchev–Trinajstić information content (AvgIpc) is 2.91. The highest BCUT2D eigenvalue weighted by molar-refractivity contribution is 9.09. The van der Waals surface area contributed by atoms with Crippen molar-refractivity contribution in [3.8, 4) is 0 Å². The smallest absolute Gasteiger partial charge is 0.147 e. The summed E-state index contributed by atoms with van der Waals surface area (Å²) in [5.74, 6) is 3.87. The van der Waals surface area contributed by atoms with E-state index in [-0.39, 0.29) is 5.41 Å². The summed E-state index contributed by atoms with van der Waals surface area (Å²) in [6, 6.07) is 0. The minimum Gasteiger partial charge on any atom is -0.390 e. The van der Waals surface area contributed by atoms with E-state index in [1.165, 1.54) is 38.5 Å². The van der Waals surface area contributed by atoms with Crippen molar-refractivity contribution >= 4 is 21.7 Å². The van der Waals surface area contributed by atoms with Crippen LogP contribution in [0.1, 0.15) is 85.0 Å². The van der Waals surface area contributed by atoms with Crippen molar-refractivity contribution in [3.63, 3.8) is 0 Å². The summed E-state index contributed by atoms with van der Waals surface area (Å²) in [4.78, 5) is 12.4. The molecular formula is C22H37BrO2. The second-order valence-corrected chi connectivity index (χ2v) is 10.5. The van der Waals surface area contributed by atoms with Crippen LogP contribution >= 0.6 is 15.9 Å². The molecule has 7 atom stereocenters. The summed E-state index contributed by atoms with van der Waals surface area (Å²) in [6.45, 7) is 6.62. The van der Waals surface area contributed by atoms with Crippen molar-refractivity contribution in [2.45, 2.75) is 90.6 Å². The molecule has 0 radical (unpaired) electrons. The van der Waals surface area contributed by atoms with Crippen molar-refractivity contribution in [3.05, 3.63) is 0 Å². The number of ketones is 1. The third-order valence-corrected chi connectivity index (χ3v) is 8.72. The minimum atomic E-state index is -0.476. The lowest BCUT2D eigenvalue weighted by atomic mass is 9.53. The van der Waals surface area contributed by atoms with Gasteiger partial charge in [-0.1, -0.05) is 42.6 Å². The first-order valence-electron chi connectivity index (χ1n) is 10.6. The number of hydrogen-bond acceptors (Lipinski definition) is 2. The van der Waals surface area contributed by atoms with Crippen LogP contribution in [-0.2, 0) is 4.79 Å². The lowest BCUT2D eigenvalue weighted by molar-refractivity contribution is -0.126. The largest absolute Gasteiger partial charge is 0.390 e. The van der Waals surface area contributed by atoms with Gasteiger partial charge in [-0.3, -0.25) is 4.79 Å². The number of rotatable bonds is 6. The van der Waals surface area contributed by atoms with Crippen LogP contribution in [0.4, 0.5) is 0 Å². The SMILES string of the molecule is CCC[C@@](C)(O)C[C@@H]1CC[C@@H]2[C@H](CC[C@]3(C)[C@@H](C(=O)CBr)CC[C@@H]23)C1. The van der Waals surface area contributed by atoms with Crippen LogP contribution in [0.3, 0.4) is 0 Å². The first kappa shape index (κ1) is 19.9. The topological polar surface area (TPSA) is 37.3 Å². The predicted molar refractivity (Wildman–Crippen MR) is 107 cm³/mol. The van der Waals surface area contributed by atoms with E-state index in [0.29, 0.717) is 22.9 Å². The molecule has 3 aliphatic rings. The molecule has 3 rings (SSSR count). The molecule has 0 amide bonds. The number of fused-ring (bicyclic) bond motifs is 3. The molecule has 0 aromatic rings. The molecule has 144 valence electrons. The van der Waals surface area contributed by atoms with Crippen molar-refractivity contribution in [1.29, 1.82) is 0 Å². The zero-order valence-corrected chi connectivity index (χ0v) is 18.0. The third-order valence-electron chi connectivity index (χ3n) is 8.17. The van der Waals surface area contributed by atoms with Crippen LogP contribution in [0.5, 0.6) is 0 Å². The van der Waals surface area contributed by atoms with Crippen LogP contribution in [0.25, 0.3) is 0 Å². The van der Waals surface area contributed by atoms with Gasteiger partial charge in [-0.2, -0.15) is 0 Å². The lowest BCUT2D eigenvalue weighted by Gasteiger charge is -2.52. The Balaban J connectivity index is 1.65. The first-order chi connectivity index (χ1) is 11.8. The van der Waals surface area contributed by atoms with Gasteiger partial charge >= 0.3 is 0 Å². The van der Waals surface area contributed by atoms with E-state index in [2.05, 4.69) is 29.8 Å². The molecule has 0 aromatic heterocycles. The molecule has 25 heavy (non-hydrogen) atoms. The first-order valence-corrected chi connectivity index (χ1v) is 11.7. The Labute approximate surface area is 162 Å². The lowest BCUT2D eigenvalue weighted by Crippen LogP contribution is -2.46. The molecule has 0 bridgehead atoms. The third kappa shape index (κ3) is 3.88. The Kier molecular flexibility index (Phi) is 6.05. The maximum absolute atomic E-state index is 12.4. The number of carbonyl (C=O) groups is 1. The Morgan fingerprint density at radius 1 is 1.24 bits per heavy atom. The Hall–Kier alpha value is 0.110. The van der Waals surface area contributed by atoms with Gasteiger partial charge < -0.3 is 5.11 Å². The predicted octanol–water partition coefficient (Wildman–Crippen LogP) is 5.75. The van der Waals surface area contributed by atoms with E-state index >= 15 is 0 Å². The second kappa shape index (κ2) is 7.62. The van der Waals surface area contributed by atoms with E-state index in [0.717, 1.165) is 43.4 Å². The van der Waals surface area contributed by atoms with Gasteiger partial charge in [0.1, 0.15) is 5.78 Å². The standard InChI is InChI=1S/C22H37BrO2/c1-4-10-21(2,25)13-15-5-6-17-16(12-15)9-11-22(3)18(17)7-8-19(22)20(24)14-23/h15-19,25H,4-14H2,1-3H3/t15-,16-,17-,18+,19-,21-,22+/m1/s1. The molecule has 3 saturated carbocycles. The zero-order chi connectivity index (χ0) is 18.2. The summed E-state index contributed by atoms with van der Waals surface area (Å²) in [5, 5.41) is 11.2. The van der Waals surface area contributed by atoms with Crippen LogP contribution in [0, 0.1) is 35.0 Å². The van der Waals surface area contributed by atoms with Gasteiger partial charge in [0.05, 0.1) is 10.9 Å². The van der Waals surface area contributed by atoms with Crippen LogP contribution in [0.2, 0.25) is 0 Å². The molecule has 0 saturated heterocycles. The molecule has 0 spiro atoms. The van der Waals surface area contributed by atoms with Crippen LogP contribution < -0.4 is 0 Å². The number of aliphatic hydroxyl groups is 1. The zero-order valence-electron chi connectivity index (χ0n) is 16.4. The highest BCUT2D eigenvalue weighted by atomic mass is 79.9. The van der Waals surface area contributed by atoms with E-state index in [4.69, 9.17) is 0 Å². The van der Waals surface area contributed by atoms with Gasteiger partial charge in [0.15, 0.2) is 0 Å². The number of hydrogen-bond donors (Lipinski definition) is 1. The molecular weight excluding hydrogens is 376 g/mol. The fourth-order valence-electron chi connectivity index (χ4n) is 7.14. The van der Waals surface area contributed by atoms with Gasteiger partial charge in [0.25, 0.3) is 0 Å². The molecule has 3 fully saturated rings. The van der Waals surface area contributed by atoms with Gasteiger partial charge in [-0.05, 0) is 87.4 Å². The van der Waals surface area contributed by atoms with Gasteiger partial charge in [0, 0.05) is 5.92 Å². The number of carbonyl (C=O) groups excluding carboxylic acids is 1. The average molecular weight is 413 g/mol. The van der Waals surface area contributed by atoms with E-state index in [1.807, 2.05) is 6.92 Å². The molecule has 3 heteroatoms. The summed E-state index contributed by atoms with van der Waals surface area (Å²) >= 11 is 3.41. The number of alkyl halides is 1. The van der Waals surface area contributed by atoms with E-state index in [9.17, 15) is 9.90 Å². The monoisotopic (exact) mass is 412 g/mol.